The summed E-state index contributed by atoms with van der Waals surface area (Å²) in [6, 6.07) is 15.7. The molecule has 2 aromatic rings. The van der Waals surface area contributed by atoms with E-state index in [0.717, 1.165) is 42.9 Å². The van der Waals surface area contributed by atoms with Gasteiger partial charge < -0.3 is 19.7 Å². The van der Waals surface area contributed by atoms with Crippen LogP contribution in [0, 0.1) is 0 Å². The Bertz CT molecular complexity index is 874. The fourth-order valence-corrected chi connectivity index (χ4v) is 4.26. The van der Waals surface area contributed by atoms with Gasteiger partial charge in [-0.05, 0) is 49.1 Å². The average molecular weight is 392 g/mol. The van der Waals surface area contributed by atoms with E-state index in [1.165, 1.54) is 0 Å². The van der Waals surface area contributed by atoms with Crippen LogP contribution in [-0.2, 0) is 10.4 Å². The summed E-state index contributed by atoms with van der Waals surface area (Å²) in [5.41, 5.74) is 1.94. The Morgan fingerprint density at radius 3 is 2.76 bits per heavy atom. The molecule has 1 fully saturated rings. The summed E-state index contributed by atoms with van der Waals surface area (Å²) in [6.45, 7) is 7.81. The molecule has 0 saturated carbocycles. The number of para-hydroxylation sites is 1. The fraction of sp³-hybridized carbons (Fsp3) is 0.375. The maximum Gasteiger partial charge on any atom is 0.258 e. The van der Waals surface area contributed by atoms with E-state index in [1.54, 1.807) is 6.08 Å². The van der Waals surface area contributed by atoms with Crippen LogP contribution in [0.2, 0.25) is 0 Å². The van der Waals surface area contributed by atoms with E-state index in [-0.39, 0.29) is 12.0 Å². The van der Waals surface area contributed by atoms with Crippen LogP contribution >= 0.6 is 0 Å². The predicted octanol–water partition coefficient (Wildman–Crippen LogP) is 4.56. The summed E-state index contributed by atoms with van der Waals surface area (Å²) in [4.78, 5) is 15.1. The lowest BCUT2D eigenvalue weighted by Gasteiger charge is -2.48. The van der Waals surface area contributed by atoms with Gasteiger partial charge in [0.25, 0.3) is 5.91 Å². The second-order valence-electron chi connectivity index (χ2n) is 7.56. The third-order valence-corrected chi connectivity index (χ3v) is 5.82. The third kappa shape index (κ3) is 3.62. The third-order valence-electron chi connectivity index (χ3n) is 5.82. The Kier molecular flexibility index (Phi) is 5.58. The van der Waals surface area contributed by atoms with Gasteiger partial charge in [-0.3, -0.25) is 4.79 Å². The van der Waals surface area contributed by atoms with Crippen molar-refractivity contribution in [3.63, 3.8) is 0 Å². The highest BCUT2D eigenvalue weighted by molar-refractivity contribution is 6.02. The molecule has 0 aliphatic carbocycles. The summed E-state index contributed by atoms with van der Waals surface area (Å²) < 4.78 is 11.5. The molecule has 2 unspecified atom stereocenters. The minimum atomic E-state index is -0.632. The second kappa shape index (κ2) is 8.29. The van der Waals surface area contributed by atoms with Crippen molar-refractivity contribution in [1.29, 1.82) is 0 Å². The van der Waals surface area contributed by atoms with Crippen molar-refractivity contribution >= 4 is 11.6 Å². The first kappa shape index (κ1) is 19.5. The molecule has 2 aliphatic heterocycles. The summed E-state index contributed by atoms with van der Waals surface area (Å²) in [5, 5.41) is 3.63. The smallest absolute Gasteiger partial charge is 0.258 e. The number of anilines is 1. The molecule has 5 nitrogen and oxygen atoms in total. The molecule has 0 radical (unpaired) electrons. The van der Waals surface area contributed by atoms with Gasteiger partial charge in [-0.2, -0.15) is 0 Å². The van der Waals surface area contributed by atoms with E-state index in [1.807, 2.05) is 53.4 Å². The number of amides is 1. The number of fused-ring (bicyclic) bond motifs is 1. The maximum absolute atomic E-state index is 13.3. The summed E-state index contributed by atoms with van der Waals surface area (Å²) in [6.07, 6.45) is 4.84. The van der Waals surface area contributed by atoms with Crippen LogP contribution in [0.15, 0.2) is 61.2 Å². The lowest BCUT2D eigenvalue weighted by molar-refractivity contribution is 0.0524. The maximum atomic E-state index is 13.3. The first-order valence-corrected chi connectivity index (χ1v) is 10.3. The molecule has 1 saturated heterocycles. The zero-order valence-corrected chi connectivity index (χ0v) is 16.9. The van der Waals surface area contributed by atoms with Gasteiger partial charge in [0.15, 0.2) is 0 Å². The quantitative estimate of drug-likeness (QED) is 0.702. The van der Waals surface area contributed by atoms with Gasteiger partial charge in [0.2, 0.25) is 0 Å². The predicted molar refractivity (Wildman–Crippen MR) is 114 cm³/mol. The van der Waals surface area contributed by atoms with E-state index in [0.29, 0.717) is 18.7 Å². The highest BCUT2D eigenvalue weighted by Crippen LogP contribution is 2.40. The minimum Gasteiger partial charge on any atom is -0.491 e. The molecule has 2 aromatic carbocycles. The zero-order chi connectivity index (χ0) is 20.3. The second-order valence-corrected chi connectivity index (χ2v) is 7.56. The van der Waals surface area contributed by atoms with Gasteiger partial charge in [0, 0.05) is 18.8 Å². The van der Waals surface area contributed by atoms with E-state index in [2.05, 4.69) is 18.8 Å². The molecule has 5 heteroatoms. The number of nitrogens with zero attached hydrogens (tertiary/aromatic N) is 1. The van der Waals surface area contributed by atoms with Crippen LogP contribution in [0.25, 0.3) is 0 Å². The highest BCUT2D eigenvalue weighted by atomic mass is 16.5. The SMILES string of the molecule is C=CCN1C(=O)c2ccccc2NC1(CC)c1ccc(OCC2CCCO2)cc1. The van der Waals surface area contributed by atoms with E-state index < -0.39 is 5.66 Å². The van der Waals surface area contributed by atoms with E-state index in [4.69, 9.17) is 9.47 Å². The van der Waals surface area contributed by atoms with Gasteiger partial charge in [-0.15, -0.1) is 6.58 Å². The number of benzene rings is 2. The van der Waals surface area contributed by atoms with Gasteiger partial charge in [-0.1, -0.05) is 37.3 Å². The van der Waals surface area contributed by atoms with E-state index in [9.17, 15) is 4.79 Å². The molecule has 29 heavy (non-hydrogen) atoms. The lowest BCUT2D eigenvalue weighted by Crippen LogP contribution is -2.57. The van der Waals surface area contributed by atoms with Crippen LogP contribution in [-0.4, -0.2) is 36.7 Å². The Morgan fingerprint density at radius 1 is 1.28 bits per heavy atom. The summed E-state index contributed by atoms with van der Waals surface area (Å²) >= 11 is 0. The monoisotopic (exact) mass is 392 g/mol. The normalized spacial score (nSPS) is 23.4. The summed E-state index contributed by atoms with van der Waals surface area (Å²) in [5.74, 6) is 0.827. The van der Waals surface area contributed by atoms with Gasteiger partial charge in [0.05, 0.1) is 11.7 Å². The Labute approximate surface area is 172 Å². The van der Waals surface area contributed by atoms with Gasteiger partial charge in [-0.25, -0.2) is 0 Å². The number of hydrogen-bond donors (Lipinski definition) is 1. The van der Waals surface area contributed by atoms with Gasteiger partial charge >= 0.3 is 0 Å². The first-order valence-electron chi connectivity index (χ1n) is 10.3. The molecule has 2 atom stereocenters. The molecule has 2 aliphatic rings. The molecule has 1 N–H and O–H groups in total. The van der Waals surface area contributed by atoms with Crippen molar-refractivity contribution in [3.05, 3.63) is 72.3 Å². The first-order chi connectivity index (χ1) is 14.2. The molecule has 2 heterocycles. The van der Waals surface area contributed by atoms with Crippen LogP contribution in [0.5, 0.6) is 5.75 Å². The van der Waals surface area contributed by atoms with Crippen molar-refractivity contribution < 1.29 is 14.3 Å². The van der Waals surface area contributed by atoms with Crippen molar-refractivity contribution in [3.8, 4) is 5.75 Å². The van der Waals surface area contributed by atoms with Crippen LogP contribution in [0.3, 0.4) is 0 Å². The molecule has 1 amide bonds. The van der Waals surface area contributed by atoms with Crippen LogP contribution in [0.1, 0.15) is 42.1 Å². The Balaban J connectivity index is 1.62. The molecular formula is C24H28N2O3. The molecule has 152 valence electrons. The zero-order valence-electron chi connectivity index (χ0n) is 16.9. The number of rotatable bonds is 7. The molecular weight excluding hydrogens is 364 g/mol. The molecule has 0 spiro atoms. The van der Waals surface area contributed by atoms with Gasteiger partial charge in [0.1, 0.15) is 18.0 Å². The molecule has 4 rings (SSSR count). The Morgan fingerprint density at radius 2 is 2.07 bits per heavy atom. The van der Waals surface area contributed by atoms with E-state index >= 15 is 0 Å². The number of ether oxygens (including phenoxy) is 2. The van der Waals surface area contributed by atoms with Crippen molar-refractivity contribution in [2.45, 2.75) is 38.0 Å². The number of nitrogens with one attached hydrogen (secondary N) is 1. The number of carbonyl (C=O) groups is 1. The van der Waals surface area contributed by atoms with Crippen LogP contribution in [0.4, 0.5) is 5.69 Å². The minimum absolute atomic E-state index is 0.0137. The highest BCUT2D eigenvalue weighted by Gasteiger charge is 2.44. The Hall–Kier alpha value is -2.79. The number of carbonyl (C=O) groups excluding carboxylic acids is 1. The van der Waals surface area contributed by atoms with Crippen molar-refractivity contribution in [2.75, 3.05) is 25.1 Å². The fourth-order valence-electron chi connectivity index (χ4n) is 4.26. The summed E-state index contributed by atoms with van der Waals surface area (Å²) in [7, 11) is 0. The van der Waals surface area contributed by atoms with Crippen LogP contribution < -0.4 is 10.1 Å². The van der Waals surface area contributed by atoms with Crippen molar-refractivity contribution in [1.82, 2.24) is 4.90 Å². The standard InChI is InChI=1S/C24H28N2O3/c1-3-15-26-23(27)21-9-5-6-10-22(21)25-24(26,4-2)18-11-13-19(14-12-18)29-17-20-8-7-16-28-20/h3,5-6,9-14,20,25H,1,4,7-8,15-17H2,2H3. The largest absolute Gasteiger partial charge is 0.491 e. The molecule has 0 bridgehead atoms. The number of hydrogen-bond acceptors (Lipinski definition) is 4. The molecule has 0 aromatic heterocycles. The van der Waals surface area contributed by atoms with Crippen molar-refractivity contribution in [2.24, 2.45) is 0 Å². The average Bonchev–Trinajstić information content (AvgIpc) is 3.28. The topological polar surface area (TPSA) is 50.8 Å². The lowest BCUT2D eigenvalue weighted by atomic mass is 9.89.